The zero-order valence-electron chi connectivity index (χ0n) is 38.6. The number of ether oxygens (including phenoxy) is 4. The third kappa shape index (κ3) is 28.7. The van der Waals surface area contributed by atoms with E-state index in [9.17, 15) is 19.5 Å². The summed E-state index contributed by atoms with van der Waals surface area (Å²) in [5, 5.41) is 9.42. The number of aliphatic hydroxyl groups excluding tert-OH is 1. The predicted octanol–water partition coefficient (Wildman–Crippen LogP) is 12.2. The van der Waals surface area contributed by atoms with E-state index in [1.54, 1.807) is 0 Å². The van der Waals surface area contributed by atoms with Gasteiger partial charge >= 0.3 is 17.9 Å². The van der Waals surface area contributed by atoms with E-state index >= 15 is 0 Å². The SMILES string of the molecule is CCCCCCCOC1CN(CCCO)CCC1C(=O)OC(CCCCCCC(=O)OC(CCCC)CCCC)CCCCCCC(=O)OC(CCCC)CCCC. The van der Waals surface area contributed by atoms with Crippen LogP contribution in [0.25, 0.3) is 0 Å². The number of aliphatic hydroxyl groups is 1. The van der Waals surface area contributed by atoms with Crippen LogP contribution in [0.3, 0.4) is 0 Å². The Kier molecular flexibility index (Phi) is 35.8. The van der Waals surface area contributed by atoms with Gasteiger partial charge in [0.25, 0.3) is 0 Å². The molecule has 0 aromatic carbocycles. The second-order valence-electron chi connectivity index (χ2n) is 17.4. The van der Waals surface area contributed by atoms with Crippen LogP contribution < -0.4 is 0 Å². The van der Waals surface area contributed by atoms with E-state index in [0.717, 1.165) is 174 Å². The molecule has 0 bridgehead atoms. The molecule has 1 saturated heterocycles. The molecule has 1 fully saturated rings. The smallest absolute Gasteiger partial charge is 0.311 e. The lowest BCUT2D eigenvalue weighted by Crippen LogP contribution is -2.49. The minimum Gasteiger partial charge on any atom is -0.462 e. The van der Waals surface area contributed by atoms with Gasteiger partial charge in [-0.2, -0.15) is 0 Å². The Labute approximate surface area is 357 Å². The summed E-state index contributed by atoms with van der Waals surface area (Å²) in [5.41, 5.74) is 0. The number of rotatable bonds is 40. The standard InChI is InChI=1S/C49H93NO8/c1-6-11-16-21-26-40-55-46-41-50(37-27-39-51)38-36-45(46)49(54)58-44(32-22-17-19-24-34-47(52)56-42(28-12-7-2)29-13-8-3)33-23-18-20-25-35-48(53)57-43(30-14-9-4)31-15-10-5/h42-46,51H,6-41H2,1-5H3. The summed E-state index contributed by atoms with van der Waals surface area (Å²) in [6, 6.07) is 0. The number of hydrogen-bond acceptors (Lipinski definition) is 9. The van der Waals surface area contributed by atoms with Gasteiger partial charge in [-0.15, -0.1) is 0 Å². The van der Waals surface area contributed by atoms with Crippen LogP contribution in [-0.4, -0.2) is 85.2 Å². The molecule has 2 unspecified atom stereocenters. The van der Waals surface area contributed by atoms with Crippen molar-refractivity contribution in [3.05, 3.63) is 0 Å². The van der Waals surface area contributed by atoms with E-state index in [1.165, 1.54) is 19.3 Å². The van der Waals surface area contributed by atoms with Crippen molar-refractivity contribution in [1.82, 2.24) is 4.90 Å². The first-order valence-corrected chi connectivity index (χ1v) is 24.9. The third-order valence-corrected chi connectivity index (χ3v) is 11.9. The van der Waals surface area contributed by atoms with Crippen LogP contribution in [0.2, 0.25) is 0 Å². The van der Waals surface area contributed by atoms with Gasteiger partial charge in [-0.3, -0.25) is 14.4 Å². The fraction of sp³-hybridized carbons (Fsp3) is 0.939. The summed E-state index contributed by atoms with van der Waals surface area (Å²) in [4.78, 5) is 41.5. The number of piperidine rings is 1. The highest BCUT2D eigenvalue weighted by atomic mass is 16.6. The monoisotopic (exact) mass is 824 g/mol. The summed E-state index contributed by atoms with van der Waals surface area (Å²) in [5.74, 6) is -0.539. The lowest BCUT2D eigenvalue weighted by Gasteiger charge is -2.37. The zero-order valence-corrected chi connectivity index (χ0v) is 38.6. The summed E-state index contributed by atoms with van der Waals surface area (Å²) >= 11 is 0. The van der Waals surface area contributed by atoms with Crippen molar-refractivity contribution >= 4 is 17.9 Å². The molecule has 2 atom stereocenters. The Hall–Kier alpha value is -1.71. The molecule has 0 radical (unpaired) electrons. The van der Waals surface area contributed by atoms with Gasteiger partial charge in [0, 0.05) is 39.1 Å². The van der Waals surface area contributed by atoms with E-state index in [1.807, 2.05) is 0 Å². The van der Waals surface area contributed by atoms with E-state index in [0.29, 0.717) is 32.4 Å². The van der Waals surface area contributed by atoms with E-state index in [-0.39, 0.29) is 54.8 Å². The molecular formula is C49H93NO8. The Morgan fingerprint density at radius 3 is 1.45 bits per heavy atom. The van der Waals surface area contributed by atoms with Gasteiger partial charge in [0.05, 0.1) is 12.0 Å². The minimum absolute atomic E-state index is 0.0543. The van der Waals surface area contributed by atoms with Gasteiger partial charge in [-0.05, 0) is 90.0 Å². The summed E-state index contributed by atoms with van der Waals surface area (Å²) in [6.07, 6.45) is 29.7. The maximum absolute atomic E-state index is 13.9. The van der Waals surface area contributed by atoms with Crippen LogP contribution in [0, 0.1) is 5.92 Å². The Bertz CT molecular complexity index is 916. The van der Waals surface area contributed by atoms with Gasteiger partial charge in [0.2, 0.25) is 0 Å². The van der Waals surface area contributed by atoms with Crippen molar-refractivity contribution in [3.8, 4) is 0 Å². The molecule has 0 aromatic heterocycles. The Morgan fingerprint density at radius 1 is 0.534 bits per heavy atom. The number of nitrogens with zero attached hydrogens (tertiary/aromatic N) is 1. The predicted molar refractivity (Wildman–Crippen MR) is 238 cm³/mol. The highest BCUT2D eigenvalue weighted by molar-refractivity contribution is 5.73. The molecule has 58 heavy (non-hydrogen) atoms. The van der Waals surface area contributed by atoms with Crippen LogP contribution in [0.5, 0.6) is 0 Å². The topological polar surface area (TPSA) is 112 Å². The van der Waals surface area contributed by atoms with Gasteiger partial charge in [-0.25, -0.2) is 0 Å². The molecule has 1 rings (SSSR count). The number of unbranched alkanes of at least 4 members (excludes halogenated alkanes) is 14. The maximum atomic E-state index is 13.9. The van der Waals surface area contributed by atoms with Gasteiger partial charge in [0.1, 0.15) is 18.3 Å². The number of carbonyl (C=O) groups excluding carboxylic acids is 3. The number of hydrogen-bond donors (Lipinski definition) is 1. The van der Waals surface area contributed by atoms with E-state index < -0.39 is 0 Å². The molecule has 0 aliphatic carbocycles. The maximum Gasteiger partial charge on any atom is 0.311 e. The third-order valence-electron chi connectivity index (χ3n) is 11.9. The largest absolute Gasteiger partial charge is 0.462 e. The van der Waals surface area contributed by atoms with Crippen molar-refractivity contribution in [2.75, 3.05) is 32.8 Å². The molecule has 342 valence electrons. The highest BCUT2D eigenvalue weighted by Gasteiger charge is 2.37. The first kappa shape index (κ1) is 54.3. The second-order valence-corrected chi connectivity index (χ2v) is 17.4. The average Bonchev–Trinajstić information content (AvgIpc) is 3.22. The van der Waals surface area contributed by atoms with E-state index in [2.05, 4.69) is 39.5 Å². The van der Waals surface area contributed by atoms with Crippen molar-refractivity contribution in [1.29, 1.82) is 0 Å². The molecular weight excluding hydrogens is 731 g/mol. The quantitative estimate of drug-likeness (QED) is 0.0367. The molecule has 1 aliphatic rings. The number of likely N-dealkylation sites (tertiary alicyclic amines) is 1. The number of esters is 3. The van der Waals surface area contributed by atoms with Crippen molar-refractivity contribution < 1.29 is 38.4 Å². The molecule has 9 heteroatoms. The van der Waals surface area contributed by atoms with Gasteiger partial charge in [0.15, 0.2) is 0 Å². The minimum atomic E-state index is -0.280. The van der Waals surface area contributed by atoms with Crippen LogP contribution >= 0.6 is 0 Å². The first-order valence-electron chi connectivity index (χ1n) is 24.9. The van der Waals surface area contributed by atoms with Crippen molar-refractivity contribution in [3.63, 3.8) is 0 Å². The fourth-order valence-electron chi connectivity index (χ4n) is 8.10. The van der Waals surface area contributed by atoms with Gasteiger partial charge in [-0.1, -0.05) is 137 Å². The lowest BCUT2D eigenvalue weighted by atomic mass is 9.93. The van der Waals surface area contributed by atoms with Crippen molar-refractivity contribution in [2.24, 2.45) is 5.92 Å². The summed E-state index contributed by atoms with van der Waals surface area (Å²) in [7, 11) is 0. The highest BCUT2D eigenvalue weighted by Crippen LogP contribution is 2.26. The van der Waals surface area contributed by atoms with Crippen LogP contribution in [0.15, 0.2) is 0 Å². The first-order chi connectivity index (χ1) is 28.3. The van der Waals surface area contributed by atoms with Gasteiger partial charge < -0.3 is 29.0 Å². The lowest BCUT2D eigenvalue weighted by molar-refractivity contribution is -0.165. The average molecular weight is 824 g/mol. The molecule has 0 spiro atoms. The normalized spacial score (nSPS) is 16.1. The Balaban J connectivity index is 2.74. The van der Waals surface area contributed by atoms with Crippen molar-refractivity contribution in [2.45, 2.75) is 258 Å². The van der Waals surface area contributed by atoms with Crippen LogP contribution in [0.1, 0.15) is 234 Å². The van der Waals surface area contributed by atoms with Crippen LogP contribution in [-0.2, 0) is 33.3 Å². The molecule has 1 N–H and O–H groups in total. The second kappa shape index (κ2) is 38.2. The molecule has 0 saturated carbocycles. The number of carbonyl (C=O) groups is 3. The van der Waals surface area contributed by atoms with Crippen LogP contribution in [0.4, 0.5) is 0 Å². The molecule has 9 nitrogen and oxygen atoms in total. The molecule has 1 aliphatic heterocycles. The zero-order chi connectivity index (χ0) is 42.5. The molecule has 1 heterocycles. The molecule has 0 aromatic rings. The Morgan fingerprint density at radius 2 is 0.966 bits per heavy atom. The summed E-state index contributed by atoms with van der Waals surface area (Å²) < 4.78 is 24.5. The fourth-order valence-corrected chi connectivity index (χ4v) is 8.10. The summed E-state index contributed by atoms with van der Waals surface area (Å²) in [6.45, 7) is 14.1. The molecule has 0 amide bonds. The van der Waals surface area contributed by atoms with E-state index in [4.69, 9.17) is 18.9 Å².